The Morgan fingerprint density at radius 2 is 1.47 bits per heavy atom. The zero-order valence-electron chi connectivity index (χ0n) is 9.25. The number of alkyl halides is 1. The molecule has 0 amide bonds. The van der Waals surface area contributed by atoms with E-state index in [2.05, 4.69) is 0 Å². The van der Waals surface area contributed by atoms with Crippen LogP contribution in [0.5, 0.6) is 0 Å². The molecule has 2 unspecified atom stereocenters. The van der Waals surface area contributed by atoms with Gasteiger partial charge in [-0.15, -0.1) is 0 Å². The van der Waals surface area contributed by atoms with Crippen molar-refractivity contribution in [3.63, 3.8) is 0 Å². The van der Waals surface area contributed by atoms with E-state index in [4.69, 9.17) is 0 Å². The second-order valence-corrected chi connectivity index (χ2v) is 6.84. The summed E-state index contributed by atoms with van der Waals surface area (Å²) in [4.78, 5) is 0. The number of rotatable bonds is 4. The van der Waals surface area contributed by atoms with Crippen LogP contribution in [0.3, 0.4) is 0 Å². The SMILES string of the molecule is O=[Se](CC(F)c1ccccc1)c1ccccc1. The fourth-order valence-corrected chi connectivity index (χ4v) is 3.89. The molecule has 2 aromatic carbocycles. The van der Waals surface area contributed by atoms with Gasteiger partial charge in [0.25, 0.3) is 0 Å². The maximum absolute atomic E-state index is 13.9. The van der Waals surface area contributed by atoms with Crippen LogP contribution in [0.2, 0.25) is 5.32 Å². The molecular weight excluding hydrogens is 282 g/mol. The molecule has 0 heterocycles. The zero-order valence-corrected chi connectivity index (χ0v) is 11.0. The Morgan fingerprint density at radius 1 is 0.941 bits per heavy atom. The molecule has 0 saturated carbocycles. The molecule has 17 heavy (non-hydrogen) atoms. The Bertz CT molecular complexity index is 484. The van der Waals surface area contributed by atoms with Gasteiger partial charge in [-0.3, -0.25) is 0 Å². The van der Waals surface area contributed by atoms with Crippen molar-refractivity contribution in [2.75, 3.05) is 0 Å². The Balaban J connectivity index is 2.05. The summed E-state index contributed by atoms with van der Waals surface area (Å²) in [6, 6.07) is 18.0. The van der Waals surface area contributed by atoms with Crippen LogP contribution in [0.1, 0.15) is 11.7 Å². The molecule has 1 nitrogen and oxygen atoms in total. The van der Waals surface area contributed by atoms with E-state index in [0.29, 0.717) is 5.56 Å². The van der Waals surface area contributed by atoms with Gasteiger partial charge < -0.3 is 0 Å². The van der Waals surface area contributed by atoms with Crippen LogP contribution < -0.4 is 4.46 Å². The van der Waals surface area contributed by atoms with Crippen molar-refractivity contribution in [2.24, 2.45) is 0 Å². The van der Waals surface area contributed by atoms with E-state index in [1.807, 2.05) is 24.3 Å². The van der Waals surface area contributed by atoms with Crippen molar-refractivity contribution in [1.29, 1.82) is 0 Å². The molecule has 0 saturated heterocycles. The van der Waals surface area contributed by atoms with Gasteiger partial charge in [-0.1, -0.05) is 0 Å². The molecular formula is C14H13FOSe. The van der Waals surface area contributed by atoms with Gasteiger partial charge in [0.15, 0.2) is 0 Å². The molecule has 0 spiro atoms. The molecule has 0 fully saturated rings. The molecule has 0 aliphatic heterocycles. The standard InChI is InChI=1S/C14H13FOSe/c15-14(12-7-3-1-4-8-12)11-17(16)13-9-5-2-6-10-13/h1-10,14H,11H2. The van der Waals surface area contributed by atoms with Crippen LogP contribution >= 0.6 is 0 Å². The third-order valence-corrected chi connectivity index (χ3v) is 5.39. The van der Waals surface area contributed by atoms with E-state index in [1.54, 1.807) is 36.4 Å². The molecule has 0 bridgehead atoms. The third-order valence-electron chi connectivity index (χ3n) is 2.47. The summed E-state index contributed by atoms with van der Waals surface area (Å²) in [5.74, 6) is 0. The third kappa shape index (κ3) is 3.32. The molecule has 2 aromatic rings. The summed E-state index contributed by atoms with van der Waals surface area (Å²) >= 11 is -2.27. The molecule has 0 aromatic heterocycles. The van der Waals surface area contributed by atoms with Crippen molar-refractivity contribution < 1.29 is 8.23 Å². The maximum atomic E-state index is 13.9. The van der Waals surface area contributed by atoms with E-state index in [1.165, 1.54) is 0 Å². The van der Waals surface area contributed by atoms with Gasteiger partial charge in [0.2, 0.25) is 0 Å². The van der Waals surface area contributed by atoms with Crippen molar-refractivity contribution in [1.82, 2.24) is 0 Å². The summed E-state index contributed by atoms with van der Waals surface area (Å²) in [6.07, 6.45) is -1.14. The summed E-state index contributed by atoms with van der Waals surface area (Å²) in [7, 11) is 0. The summed E-state index contributed by atoms with van der Waals surface area (Å²) in [5, 5.41) is 0.105. The van der Waals surface area contributed by atoms with E-state index >= 15 is 0 Å². The molecule has 2 rings (SSSR count). The Hall–Kier alpha value is -1.31. The van der Waals surface area contributed by atoms with Gasteiger partial charge >= 0.3 is 104 Å². The van der Waals surface area contributed by atoms with Crippen LogP contribution in [0, 0.1) is 0 Å². The van der Waals surface area contributed by atoms with E-state index in [9.17, 15) is 8.23 Å². The Morgan fingerprint density at radius 3 is 2.06 bits per heavy atom. The molecule has 0 aliphatic rings. The van der Waals surface area contributed by atoms with Gasteiger partial charge in [-0.25, -0.2) is 0 Å². The van der Waals surface area contributed by atoms with Crippen LogP contribution in [0.15, 0.2) is 60.7 Å². The fourth-order valence-electron chi connectivity index (χ4n) is 1.56. The molecule has 2 atom stereocenters. The average molecular weight is 295 g/mol. The molecule has 0 N–H and O–H groups in total. The van der Waals surface area contributed by atoms with Crippen molar-refractivity contribution in [3.8, 4) is 0 Å². The number of hydrogen-bond donors (Lipinski definition) is 0. The normalized spacial score (nSPS) is 14.2. The molecule has 88 valence electrons. The predicted octanol–water partition coefficient (Wildman–Crippen LogP) is 3.03. The number of benzene rings is 2. The number of hydrogen-bond acceptors (Lipinski definition) is 1. The first-order valence-corrected chi connectivity index (χ1v) is 8.16. The van der Waals surface area contributed by atoms with Gasteiger partial charge in [0.1, 0.15) is 0 Å². The summed E-state index contributed by atoms with van der Waals surface area (Å²) in [6.45, 7) is 0. The van der Waals surface area contributed by atoms with Crippen LogP contribution in [-0.4, -0.2) is 13.8 Å². The minimum absolute atomic E-state index is 0.105. The van der Waals surface area contributed by atoms with Crippen molar-refractivity contribution in [3.05, 3.63) is 66.2 Å². The van der Waals surface area contributed by atoms with Crippen molar-refractivity contribution in [2.45, 2.75) is 11.5 Å². The van der Waals surface area contributed by atoms with Gasteiger partial charge in [0, 0.05) is 0 Å². The summed E-state index contributed by atoms with van der Waals surface area (Å²) in [5.41, 5.74) is 0.605. The monoisotopic (exact) mass is 296 g/mol. The molecule has 0 radical (unpaired) electrons. The quantitative estimate of drug-likeness (QED) is 0.792. The Kier molecular flexibility index (Phi) is 4.18. The predicted molar refractivity (Wildman–Crippen MR) is 67.6 cm³/mol. The van der Waals surface area contributed by atoms with E-state index in [-0.39, 0.29) is 5.32 Å². The Labute approximate surface area is 104 Å². The van der Waals surface area contributed by atoms with Gasteiger partial charge in [-0.2, -0.15) is 0 Å². The van der Waals surface area contributed by atoms with E-state index < -0.39 is 20.0 Å². The second kappa shape index (κ2) is 5.85. The summed E-state index contributed by atoms with van der Waals surface area (Å²) < 4.78 is 26.7. The fraction of sp³-hybridized carbons (Fsp3) is 0.143. The van der Waals surface area contributed by atoms with Gasteiger partial charge in [-0.05, 0) is 0 Å². The molecule has 0 aliphatic carbocycles. The first-order chi connectivity index (χ1) is 8.27. The van der Waals surface area contributed by atoms with Crippen LogP contribution in [0.25, 0.3) is 0 Å². The zero-order chi connectivity index (χ0) is 12.1. The first-order valence-electron chi connectivity index (χ1n) is 5.40. The van der Waals surface area contributed by atoms with Gasteiger partial charge in [0.05, 0.1) is 0 Å². The first kappa shape index (κ1) is 12.2. The average Bonchev–Trinajstić information content (AvgIpc) is 2.40. The van der Waals surface area contributed by atoms with Crippen LogP contribution in [-0.2, 0) is 3.83 Å². The topological polar surface area (TPSA) is 17.1 Å². The minimum atomic E-state index is -2.27. The van der Waals surface area contributed by atoms with Crippen molar-refractivity contribution >= 4 is 18.3 Å². The van der Waals surface area contributed by atoms with E-state index in [0.717, 1.165) is 4.46 Å². The number of halogens is 1. The van der Waals surface area contributed by atoms with Crippen LogP contribution in [0.4, 0.5) is 4.39 Å². The second-order valence-electron chi connectivity index (χ2n) is 3.70. The molecule has 3 heteroatoms.